The monoisotopic (exact) mass is 372 g/mol. The third kappa shape index (κ3) is 3.30. The van der Waals surface area contributed by atoms with Gasteiger partial charge in [-0.1, -0.05) is 0 Å². The molecule has 138 valence electrons. The molecule has 1 saturated heterocycles. The van der Waals surface area contributed by atoms with E-state index < -0.39 is 12.6 Å². The highest BCUT2D eigenvalue weighted by atomic mass is 19.4. The lowest BCUT2D eigenvalue weighted by atomic mass is 9.94. The topological polar surface area (TPSA) is 81.0 Å². The molecule has 0 aliphatic carbocycles. The second kappa shape index (κ2) is 6.54. The molecule has 0 amide bonds. The maximum atomic E-state index is 12.8. The molecule has 27 heavy (non-hydrogen) atoms. The summed E-state index contributed by atoms with van der Waals surface area (Å²) in [5.74, 6) is -0.201. The number of pyridine rings is 2. The van der Waals surface area contributed by atoms with Crippen molar-refractivity contribution in [3.8, 4) is 6.19 Å². The Morgan fingerprint density at radius 2 is 2.22 bits per heavy atom. The number of alkyl halides is 3. The molecule has 1 atom stereocenters. The standard InChI is InChI=1S/C18H15F3N6/c19-18(20,21)7-15(26-10-22)27-6-3-11(9-27)12-1-4-23-14-8-25-17-13(16(12)14)2-5-24-17/h1-2,4-5,8,11H,3,6-7,9H2,(H,24,25)/b26-15+. The van der Waals surface area contributed by atoms with Crippen LogP contribution in [0.1, 0.15) is 24.3 Å². The van der Waals surface area contributed by atoms with Gasteiger partial charge in [-0.2, -0.15) is 23.4 Å². The Morgan fingerprint density at radius 3 is 3.00 bits per heavy atom. The molecule has 0 saturated carbocycles. The molecule has 6 nitrogen and oxygen atoms in total. The van der Waals surface area contributed by atoms with Gasteiger partial charge in [0.25, 0.3) is 0 Å². The third-order valence-corrected chi connectivity index (χ3v) is 4.85. The van der Waals surface area contributed by atoms with Crippen molar-refractivity contribution in [3.05, 3.63) is 36.3 Å². The van der Waals surface area contributed by atoms with Crippen molar-refractivity contribution >= 4 is 27.8 Å². The molecular formula is C18H15F3N6. The number of rotatable bonds is 2. The Hall–Kier alpha value is -3.15. The summed E-state index contributed by atoms with van der Waals surface area (Å²) < 4.78 is 38.4. The van der Waals surface area contributed by atoms with Gasteiger partial charge in [0.2, 0.25) is 6.19 Å². The van der Waals surface area contributed by atoms with Crippen LogP contribution in [0, 0.1) is 11.5 Å². The number of hydrogen-bond acceptors (Lipinski definition) is 4. The number of halogens is 3. The lowest BCUT2D eigenvalue weighted by Gasteiger charge is -2.21. The van der Waals surface area contributed by atoms with Crippen LogP contribution in [0.2, 0.25) is 0 Å². The Kier molecular flexibility index (Phi) is 4.18. The van der Waals surface area contributed by atoms with Crippen molar-refractivity contribution < 1.29 is 13.2 Å². The van der Waals surface area contributed by atoms with E-state index in [0.717, 1.165) is 27.5 Å². The minimum absolute atomic E-state index is 0.0214. The molecule has 0 bridgehead atoms. The van der Waals surface area contributed by atoms with Gasteiger partial charge in [0, 0.05) is 42.2 Å². The zero-order valence-corrected chi connectivity index (χ0v) is 14.2. The highest BCUT2D eigenvalue weighted by Gasteiger charge is 2.35. The molecule has 0 aromatic carbocycles. The van der Waals surface area contributed by atoms with Crippen LogP contribution in [-0.2, 0) is 0 Å². The molecule has 1 fully saturated rings. The van der Waals surface area contributed by atoms with Gasteiger partial charge in [-0.15, -0.1) is 0 Å². The number of amidine groups is 1. The molecule has 9 heteroatoms. The van der Waals surface area contributed by atoms with Gasteiger partial charge in [-0.25, -0.2) is 4.98 Å². The van der Waals surface area contributed by atoms with Crippen LogP contribution < -0.4 is 0 Å². The number of nitrogens with one attached hydrogen (secondary N) is 1. The molecule has 3 aromatic heterocycles. The minimum Gasteiger partial charge on any atom is -0.358 e. The van der Waals surface area contributed by atoms with Crippen molar-refractivity contribution in [1.29, 1.82) is 5.26 Å². The molecule has 1 aliphatic heterocycles. The molecule has 1 unspecified atom stereocenters. The van der Waals surface area contributed by atoms with E-state index in [1.54, 1.807) is 23.5 Å². The smallest absolute Gasteiger partial charge is 0.358 e. The number of nitriles is 1. The lowest BCUT2D eigenvalue weighted by Crippen LogP contribution is -2.32. The third-order valence-electron chi connectivity index (χ3n) is 4.85. The number of aromatic nitrogens is 3. The summed E-state index contributed by atoms with van der Waals surface area (Å²) in [6.45, 7) is 0.802. The average Bonchev–Trinajstić information content (AvgIpc) is 3.29. The number of aliphatic imine (C=N–C) groups is 1. The summed E-state index contributed by atoms with van der Waals surface area (Å²) in [5, 5.41) is 10.7. The predicted molar refractivity (Wildman–Crippen MR) is 94.0 cm³/mol. The maximum Gasteiger partial charge on any atom is 0.396 e. The molecule has 1 aliphatic rings. The number of nitrogens with zero attached hydrogens (tertiary/aromatic N) is 5. The zero-order valence-electron chi connectivity index (χ0n) is 14.2. The Balaban J connectivity index is 1.69. The van der Waals surface area contributed by atoms with Gasteiger partial charge < -0.3 is 9.88 Å². The second-order valence-electron chi connectivity index (χ2n) is 6.51. The van der Waals surface area contributed by atoms with Crippen LogP contribution in [0.4, 0.5) is 13.2 Å². The van der Waals surface area contributed by atoms with Crippen molar-refractivity contribution in [1.82, 2.24) is 19.9 Å². The summed E-state index contributed by atoms with van der Waals surface area (Å²) in [6, 6.07) is 3.84. The van der Waals surface area contributed by atoms with E-state index >= 15 is 0 Å². The summed E-state index contributed by atoms with van der Waals surface area (Å²) in [7, 11) is 0. The van der Waals surface area contributed by atoms with E-state index in [1.165, 1.54) is 6.19 Å². The number of likely N-dealkylation sites (tertiary alicyclic amines) is 1. The first kappa shape index (κ1) is 17.3. The number of fused-ring (bicyclic) bond motifs is 3. The number of hydrogen-bond donors (Lipinski definition) is 1. The molecule has 4 heterocycles. The van der Waals surface area contributed by atoms with Crippen molar-refractivity contribution in [2.24, 2.45) is 4.99 Å². The molecule has 4 rings (SSSR count). The highest BCUT2D eigenvalue weighted by Crippen LogP contribution is 2.35. The Bertz CT molecular complexity index is 1060. The van der Waals surface area contributed by atoms with Gasteiger partial charge in [0.15, 0.2) is 0 Å². The molecule has 0 radical (unpaired) electrons. The van der Waals surface area contributed by atoms with Gasteiger partial charge in [0.1, 0.15) is 17.9 Å². The van der Waals surface area contributed by atoms with E-state index in [9.17, 15) is 13.2 Å². The molecular weight excluding hydrogens is 357 g/mol. The zero-order chi connectivity index (χ0) is 19.0. The van der Waals surface area contributed by atoms with Gasteiger partial charge >= 0.3 is 6.18 Å². The van der Waals surface area contributed by atoms with E-state index in [1.807, 2.05) is 12.1 Å². The SMILES string of the molecule is N#C/N=C(\CC(F)(F)F)N1CCC(c2ccnc3cnc4[nH]ccc4c23)C1. The second-order valence-corrected chi connectivity index (χ2v) is 6.51. The summed E-state index contributed by atoms with van der Waals surface area (Å²) in [5.41, 5.74) is 2.52. The van der Waals surface area contributed by atoms with E-state index in [0.29, 0.717) is 19.5 Å². The number of H-pyrrole nitrogens is 1. The van der Waals surface area contributed by atoms with Crippen LogP contribution >= 0.6 is 0 Å². The fourth-order valence-corrected chi connectivity index (χ4v) is 3.73. The molecule has 1 N–H and O–H groups in total. The fraction of sp³-hybridized carbons (Fsp3) is 0.333. The van der Waals surface area contributed by atoms with Crippen molar-refractivity contribution in [3.63, 3.8) is 0 Å². The van der Waals surface area contributed by atoms with Gasteiger partial charge in [-0.3, -0.25) is 4.98 Å². The highest BCUT2D eigenvalue weighted by molar-refractivity contribution is 6.05. The summed E-state index contributed by atoms with van der Waals surface area (Å²) in [4.78, 5) is 16.8. The largest absolute Gasteiger partial charge is 0.396 e. The van der Waals surface area contributed by atoms with Crippen LogP contribution in [0.3, 0.4) is 0 Å². The van der Waals surface area contributed by atoms with Crippen molar-refractivity contribution in [2.75, 3.05) is 13.1 Å². The van der Waals surface area contributed by atoms with Gasteiger partial charge in [-0.05, 0) is 24.1 Å². The van der Waals surface area contributed by atoms with Crippen LogP contribution in [0.25, 0.3) is 21.9 Å². The average molecular weight is 372 g/mol. The van der Waals surface area contributed by atoms with Crippen LogP contribution in [-0.4, -0.2) is 45.0 Å². The van der Waals surface area contributed by atoms with E-state index in [-0.39, 0.29) is 11.8 Å². The molecule has 3 aromatic rings. The van der Waals surface area contributed by atoms with Crippen LogP contribution in [0.15, 0.2) is 35.7 Å². The summed E-state index contributed by atoms with van der Waals surface area (Å²) in [6.07, 6.45) is 1.76. The quantitative estimate of drug-likeness (QED) is 0.422. The van der Waals surface area contributed by atoms with Crippen LogP contribution in [0.5, 0.6) is 0 Å². The number of aromatic amines is 1. The Morgan fingerprint density at radius 1 is 1.37 bits per heavy atom. The maximum absolute atomic E-state index is 12.8. The van der Waals surface area contributed by atoms with Crippen molar-refractivity contribution in [2.45, 2.75) is 24.9 Å². The minimum atomic E-state index is -4.40. The summed E-state index contributed by atoms with van der Waals surface area (Å²) >= 11 is 0. The molecule has 0 spiro atoms. The lowest BCUT2D eigenvalue weighted by molar-refractivity contribution is -0.122. The first-order valence-corrected chi connectivity index (χ1v) is 8.44. The van der Waals surface area contributed by atoms with Gasteiger partial charge in [0.05, 0.1) is 11.7 Å². The fourth-order valence-electron chi connectivity index (χ4n) is 3.73. The first-order chi connectivity index (χ1) is 13.0. The van der Waals surface area contributed by atoms with E-state index in [2.05, 4.69) is 19.9 Å². The van der Waals surface area contributed by atoms with E-state index in [4.69, 9.17) is 5.26 Å². The Labute approximate surface area is 152 Å². The normalized spacial score (nSPS) is 18.4. The first-order valence-electron chi connectivity index (χ1n) is 8.44. The predicted octanol–water partition coefficient (Wildman–Crippen LogP) is 3.73.